The number of hydrogen-bond acceptors (Lipinski definition) is 4. The van der Waals surface area contributed by atoms with Crippen LogP contribution in [0.4, 0.5) is 13.2 Å². The van der Waals surface area contributed by atoms with E-state index in [4.69, 9.17) is 0 Å². The summed E-state index contributed by atoms with van der Waals surface area (Å²) in [4.78, 5) is 24.6. The summed E-state index contributed by atoms with van der Waals surface area (Å²) in [6.07, 6.45) is -0.993. The number of carbonyl (C=O) groups is 2. The van der Waals surface area contributed by atoms with Crippen molar-refractivity contribution in [1.29, 1.82) is 0 Å². The second-order valence-corrected chi connectivity index (χ2v) is 9.04. The van der Waals surface area contributed by atoms with Crippen LogP contribution in [0.2, 0.25) is 0 Å². The smallest absolute Gasteiger partial charge is 0.481 e. The molecule has 1 atom stereocenters. The second kappa shape index (κ2) is 10.5. The number of halogens is 3. The molecule has 0 unspecified atom stereocenters. The van der Waals surface area contributed by atoms with Crippen molar-refractivity contribution in [2.24, 2.45) is 5.92 Å². The SMILES string of the molecule is CC#Cc1ccc(C(=O)NC2CCC(C(=O)O)CC2)c2c1cnn2[C@H](C)c1ccc(OC(F)(F)F)cc1. The number of benzene rings is 2. The maximum Gasteiger partial charge on any atom is 0.573 e. The Morgan fingerprint density at radius 3 is 2.41 bits per heavy atom. The summed E-state index contributed by atoms with van der Waals surface area (Å²) >= 11 is 0. The van der Waals surface area contributed by atoms with Gasteiger partial charge in [0.15, 0.2) is 0 Å². The van der Waals surface area contributed by atoms with Crippen molar-refractivity contribution in [3.63, 3.8) is 0 Å². The van der Waals surface area contributed by atoms with Gasteiger partial charge in [0.1, 0.15) is 5.75 Å². The number of carboxylic acids is 1. The van der Waals surface area contributed by atoms with Crippen LogP contribution < -0.4 is 10.1 Å². The van der Waals surface area contributed by atoms with E-state index in [2.05, 4.69) is 27.0 Å². The zero-order valence-corrected chi connectivity index (χ0v) is 20.3. The van der Waals surface area contributed by atoms with Crippen LogP contribution in [-0.2, 0) is 4.79 Å². The first-order valence-corrected chi connectivity index (χ1v) is 11.9. The largest absolute Gasteiger partial charge is 0.573 e. The molecule has 3 aromatic rings. The van der Waals surface area contributed by atoms with Gasteiger partial charge >= 0.3 is 12.3 Å². The Morgan fingerprint density at radius 2 is 1.81 bits per heavy atom. The van der Waals surface area contributed by atoms with E-state index in [-0.39, 0.29) is 23.6 Å². The highest BCUT2D eigenvalue weighted by Gasteiger charge is 2.31. The van der Waals surface area contributed by atoms with E-state index >= 15 is 0 Å². The van der Waals surface area contributed by atoms with Gasteiger partial charge < -0.3 is 15.2 Å². The molecule has 2 N–H and O–H groups in total. The zero-order chi connectivity index (χ0) is 26.7. The Bertz CT molecular complexity index is 1360. The molecule has 0 spiro atoms. The number of carboxylic acid groups (broad SMARTS) is 1. The van der Waals surface area contributed by atoms with E-state index in [1.807, 2.05) is 6.92 Å². The summed E-state index contributed by atoms with van der Waals surface area (Å²) in [5.74, 6) is 4.05. The second-order valence-electron chi connectivity index (χ2n) is 9.04. The van der Waals surface area contributed by atoms with Gasteiger partial charge in [0, 0.05) is 17.0 Å². The van der Waals surface area contributed by atoms with Gasteiger partial charge in [-0.2, -0.15) is 5.10 Å². The van der Waals surface area contributed by atoms with Crippen LogP contribution in [0.15, 0.2) is 42.6 Å². The molecule has 1 aliphatic carbocycles. The van der Waals surface area contributed by atoms with Gasteiger partial charge in [0.25, 0.3) is 5.91 Å². The van der Waals surface area contributed by atoms with Crippen molar-refractivity contribution in [2.75, 3.05) is 0 Å². The summed E-state index contributed by atoms with van der Waals surface area (Å²) in [6.45, 7) is 3.54. The molecule has 1 saturated carbocycles. The highest BCUT2D eigenvalue weighted by Crippen LogP contribution is 2.31. The Morgan fingerprint density at radius 1 is 1.14 bits per heavy atom. The van der Waals surface area contributed by atoms with Gasteiger partial charge in [0.2, 0.25) is 0 Å². The molecule has 0 aliphatic heterocycles. The lowest BCUT2D eigenvalue weighted by Gasteiger charge is -2.27. The number of carbonyl (C=O) groups excluding carboxylic acids is 1. The van der Waals surface area contributed by atoms with Crippen molar-refractivity contribution in [3.8, 4) is 17.6 Å². The van der Waals surface area contributed by atoms with E-state index in [9.17, 15) is 27.9 Å². The lowest BCUT2D eigenvalue weighted by molar-refractivity contribution is -0.274. The first kappa shape index (κ1) is 26.1. The molecule has 0 saturated heterocycles. The maximum absolute atomic E-state index is 13.4. The van der Waals surface area contributed by atoms with Crippen LogP contribution in [0, 0.1) is 17.8 Å². The van der Waals surface area contributed by atoms with Gasteiger partial charge in [-0.25, -0.2) is 0 Å². The van der Waals surface area contributed by atoms with Crippen LogP contribution >= 0.6 is 0 Å². The topological polar surface area (TPSA) is 93.5 Å². The summed E-state index contributed by atoms with van der Waals surface area (Å²) in [5, 5.41) is 17.4. The van der Waals surface area contributed by atoms with Crippen molar-refractivity contribution in [3.05, 3.63) is 59.3 Å². The van der Waals surface area contributed by atoms with Crippen molar-refractivity contribution in [1.82, 2.24) is 15.1 Å². The molecule has 1 fully saturated rings. The zero-order valence-electron chi connectivity index (χ0n) is 20.3. The van der Waals surface area contributed by atoms with E-state index in [1.54, 1.807) is 29.9 Å². The lowest BCUT2D eigenvalue weighted by atomic mass is 9.86. The highest BCUT2D eigenvalue weighted by molar-refractivity contribution is 6.07. The molecule has 0 bridgehead atoms. The third-order valence-corrected chi connectivity index (χ3v) is 6.64. The summed E-state index contributed by atoms with van der Waals surface area (Å²) in [7, 11) is 0. The van der Waals surface area contributed by atoms with E-state index in [0.717, 1.165) is 0 Å². The van der Waals surface area contributed by atoms with Crippen LogP contribution in [0.3, 0.4) is 0 Å². The van der Waals surface area contributed by atoms with Gasteiger partial charge in [-0.1, -0.05) is 18.1 Å². The van der Waals surface area contributed by atoms with Crippen LogP contribution in [0.5, 0.6) is 5.75 Å². The Kier molecular flexibility index (Phi) is 7.43. The van der Waals surface area contributed by atoms with Gasteiger partial charge in [-0.3, -0.25) is 14.3 Å². The first-order valence-electron chi connectivity index (χ1n) is 11.9. The first-order chi connectivity index (χ1) is 17.6. The van der Waals surface area contributed by atoms with Gasteiger partial charge in [-0.05, 0) is 69.4 Å². The van der Waals surface area contributed by atoms with E-state index in [0.29, 0.717) is 53.3 Å². The minimum atomic E-state index is -4.78. The Labute approximate surface area is 211 Å². The fourth-order valence-corrected chi connectivity index (χ4v) is 4.72. The normalized spacial score (nSPS) is 18.5. The molecule has 0 radical (unpaired) electrons. The molecule has 7 nitrogen and oxygen atoms in total. The van der Waals surface area contributed by atoms with Gasteiger partial charge in [0.05, 0.1) is 29.2 Å². The van der Waals surface area contributed by atoms with Crippen LogP contribution in [0.25, 0.3) is 10.9 Å². The molecule has 1 amide bonds. The van der Waals surface area contributed by atoms with Crippen molar-refractivity contribution in [2.45, 2.75) is 58.0 Å². The summed E-state index contributed by atoms with van der Waals surface area (Å²) in [5.41, 5.74) is 2.31. The number of alkyl halides is 3. The van der Waals surface area contributed by atoms with E-state index in [1.165, 1.54) is 24.3 Å². The molecule has 4 rings (SSSR count). The fraction of sp³-hybridized carbons (Fsp3) is 0.370. The number of hydrogen-bond donors (Lipinski definition) is 2. The number of amides is 1. The third-order valence-electron chi connectivity index (χ3n) is 6.64. The number of rotatable bonds is 6. The average Bonchev–Trinajstić information content (AvgIpc) is 3.29. The highest BCUT2D eigenvalue weighted by atomic mass is 19.4. The number of aromatic nitrogens is 2. The summed E-state index contributed by atoms with van der Waals surface area (Å²) < 4.78 is 43.2. The molecule has 10 heteroatoms. The Balaban J connectivity index is 1.65. The van der Waals surface area contributed by atoms with Gasteiger partial charge in [-0.15, -0.1) is 19.1 Å². The fourth-order valence-electron chi connectivity index (χ4n) is 4.72. The minimum absolute atomic E-state index is 0.136. The summed E-state index contributed by atoms with van der Waals surface area (Å²) in [6, 6.07) is 8.41. The predicted molar refractivity (Wildman–Crippen MR) is 130 cm³/mol. The van der Waals surface area contributed by atoms with E-state index < -0.39 is 18.4 Å². The minimum Gasteiger partial charge on any atom is -0.481 e. The molecule has 1 aromatic heterocycles. The molecule has 2 aromatic carbocycles. The lowest BCUT2D eigenvalue weighted by Crippen LogP contribution is -2.39. The molecule has 1 aliphatic rings. The van der Waals surface area contributed by atoms with Crippen LogP contribution in [0.1, 0.15) is 67.1 Å². The molecule has 37 heavy (non-hydrogen) atoms. The number of aliphatic carboxylic acids is 1. The molecular weight excluding hydrogens is 487 g/mol. The quantitative estimate of drug-likeness (QED) is 0.437. The third kappa shape index (κ3) is 5.88. The monoisotopic (exact) mass is 513 g/mol. The average molecular weight is 514 g/mol. The number of ether oxygens (including phenoxy) is 1. The number of nitrogens with one attached hydrogen (secondary N) is 1. The number of nitrogens with zero attached hydrogens (tertiary/aromatic N) is 2. The van der Waals surface area contributed by atoms with Crippen molar-refractivity contribution >= 4 is 22.8 Å². The Hall–Kier alpha value is -4.00. The predicted octanol–water partition coefficient (Wildman–Crippen LogP) is 5.29. The number of fused-ring (bicyclic) bond motifs is 1. The molecule has 194 valence electrons. The molecular formula is C27H26F3N3O4. The molecule has 1 heterocycles. The standard InChI is InChI=1S/C27H26F3N3O4/c1-3-4-18-9-14-22(25(34)32-20-10-5-19(6-11-20)26(35)36)24-23(18)15-31-33(24)16(2)17-7-12-21(13-8-17)37-27(28,29)30/h7-9,12-16,19-20H,5-6,10-11H2,1-2H3,(H,32,34)(H,35,36)/t16-,19?,20?/m1/s1. The maximum atomic E-state index is 13.4. The van der Waals surface area contributed by atoms with Crippen molar-refractivity contribution < 1.29 is 32.6 Å². The van der Waals surface area contributed by atoms with Crippen LogP contribution in [-0.4, -0.2) is 39.2 Å².